The van der Waals surface area contributed by atoms with Crippen LogP contribution in [0.15, 0.2) is 36.4 Å². The summed E-state index contributed by atoms with van der Waals surface area (Å²) in [5.41, 5.74) is 5.03. The standard InChI is InChI=1S/C20H24N2O4/c1-5-13(2)20(25)26-12-18(23)17-11-14(3)22(15(17)4)21-19(24)16-9-7-6-8-10-16/h6-11,13H,5,12H2,1-4H3,(H,21,24). The van der Waals surface area contributed by atoms with Crippen molar-refractivity contribution in [1.29, 1.82) is 0 Å². The number of esters is 1. The van der Waals surface area contributed by atoms with Gasteiger partial charge in [0.25, 0.3) is 5.91 Å². The summed E-state index contributed by atoms with van der Waals surface area (Å²) in [6.07, 6.45) is 0.660. The molecule has 6 heteroatoms. The lowest BCUT2D eigenvalue weighted by atomic mass is 10.1. The first-order valence-electron chi connectivity index (χ1n) is 8.60. The maximum Gasteiger partial charge on any atom is 0.309 e. The zero-order chi connectivity index (χ0) is 19.3. The summed E-state index contributed by atoms with van der Waals surface area (Å²) < 4.78 is 6.65. The summed E-state index contributed by atoms with van der Waals surface area (Å²) in [5, 5.41) is 0. The molecule has 6 nitrogen and oxygen atoms in total. The lowest BCUT2D eigenvalue weighted by Gasteiger charge is -2.12. The Hall–Kier alpha value is -2.89. The van der Waals surface area contributed by atoms with E-state index in [0.29, 0.717) is 28.9 Å². The predicted octanol–water partition coefficient (Wildman–Crippen LogP) is 3.26. The van der Waals surface area contributed by atoms with Gasteiger partial charge in [-0.15, -0.1) is 0 Å². The monoisotopic (exact) mass is 356 g/mol. The second-order valence-electron chi connectivity index (χ2n) is 6.27. The molecule has 1 N–H and O–H groups in total. The normalized spacial score (nSPS) is 11.7. The predicted molar refractivity (Wildman–Crippen MR) is 98.8 cm³/mol. The number of carbonyl (C=O) groups is 3. The molecular weight excluding hydrogens is 332 g/mol. The lowest BCUT2D eigenvalue weighted by molar-refractivity contribution is -0.146. The molecule has 0 bridgehead atoms. The minimum Gasteiger partial charge on any atom is -0.457 e. The highest BCUT2D eigenvalue weighted by atomic mass is 16.5. The molecule has 0 saturated heterocycles. The first kappa shape index (κ1) is 19.4. The van der Waals surface area contributed by atoms with Gasteiger partial charge in [-0.1, -0.05) is 32.0 Å². The maximum atomic E-state index is 12.4. The van der Waals surface area contributed by atoms with Crippen molar-refractivity contribution < 1.29 is 19.1 Å². The molecule has 0 spiro atoms. The number of carbonyl (C=O) groups excluding carboxylic acids is 3. The van der Waals surface area contributed by atoms with Crippen molar-refractivity contribution in [2.75, 3.05) is 12.0 Å². The number of benzene rings is 1. The number of aryl methyl sites for hydroxylation is 1. The van der Waals surface area contributed by atoms with Crippen LogP contribution in [0.2, 0.25) is 0 Å². The smallest absolute Gasteiger partial charge is 0.309 e. The number of hydrogen-bond acceptors (Lipinski definition) is 4. The van der Waals surface area contributed by atoms with E-state index in [2.05, 4.69) is 5.43 Å². The highest BCUT2D eigenvalue weighted by molar-refractivity contribution is 6.01. The zero-order valence-corrected chi connectivity index (χ0v) is 15.5. The van der Waals surface area contributed by atoms with Gasteiger partial charge in [-0.25, -0.2) is 0 Å². The molecule has 26 heavy (non-hydrogen) atoms. The number of Topliss-reactive ketones (excluding diaryl/α,β-unsaturated/α-hetero) is 1. The van der Waals surface area contributed by atoms with Gasteiger partial charge < -0.3 is 4.74 Å². The Bertz CT molecular complexity index is 809. The van der Waals surface area contributed by atoms with E-state index < -0.39 is 0 Å². The highest BCUT2D eigenvalue weighted by Crippen LogP contribution is 2.15. The third-order valence-corrected chi connectivity index (χ3v) is 4.34. The summed E-state index contributed by atoms with van der Waals surface area (Å²) in [4.78, 5) is 36.5. The van der Waals surface area contributed by atoms with Gasteiger partial charge in [-0.05, 0) is 38.5 Å². The van der Waals surface area contributed by atoms with Crippen LogP contribution in [0.5, 0.6) is 0 Å². The Morgan fingerprint density at radius 2 is 1.81 bits per heavy atom. The molecule has 2 aromatic rings. The first-order chi connectivity index (χ1) is 12.3. The molecule has 0 aliphatic rings. The molecule has 1 aromatic carbocycles. The number of aromatic nitrogens is 1. The molecule has 0 saturated carbocycles. The number of nitrogens with zero attached hydrogens (tertiary/aromatic N) is 1. The van der Waals surface area contributed by atoms with Crippen molar-refractivity contribution in [2.45, 2.75) is 34.1 Å². The van der Waals surface area contributed by atoms with E-state index in [1.54, 1.807) is 55.8 Å². The van der Waals surface area contributed by atoms with E-state index >= 15 is 0 Å². The van der Waals surface area contributed by atoms with Crippen LogP contribution in [-0.4, -0.2) is 28.9 Å². The Balaban J connectivity index is 2.10. The van der Waals surface area contributed by atoms with Crippen molar-refractivity contribution in [3.8, 4) is 0 Å². The van der Waals surface area contributed by atoms with E-state index in [9.17, 15) is 14.4 Å². The van der Waals surface area contributed by atoms with Crippen molar-refractivity contribution in [1.82, 2.24) is 4.68 Å². The lowest BCUT2D eigenvalue weighted by Crippen LogP contribution is -2.25. The van der Waals surface area contributed by atoms with Gasteiger partial charge in [0.2, 0.25) is 5.78 Å². The van der Waals surface area contributed by atoms with E-state index in [1.807, 2.05) is 13.0 Å². The van der Waals surface area contributed by atoms with Gasteiger partial charge in [0.05, 0.1) is 5.92 Å². The van der Waals surface area contributed by atoms with E-state index in [0.717, 1.165) is 0 Å². The van der Waals surface area contributed by atoms with E-state index in [4.69, 9.17) is 4.74 Å². The molecule has 1 unspecified atom stereocenters. The van der Waals surface area contributed by atoms with Crippen LogP contribution in [0.1, 0.15) is 52.4 Å². The number of ether oxygens (including phenoxy) is 1. The third kappa shape index (κ3) is 4.39. The summed E-state index contributed by atoms with van der Waals surface area (Å²) >= 11 is 0. The quantitative estimate of drug-likeness (QED) is 0.610. The minimum absolute atomic E-state index is 0.236. The fourth-order valence-electron chi connectivity index (χ4n) is 2.50. The molecule has 2 rings (SSSR count). The number of amides is 1. The van der Waals surface area contributed by atoms with Crippen LogP contribution in [-0.2, 0) is 9.53 Å². The highest BCUT2D eigenvalue weighted by Gasteiger charge is 2.20. The first-order valence-corrected chi connectivity index (χ1v) is 8.60. The second kappa shape index (κ2) is 8.47. The summed E-state index contributed by atoms with van der Waals surface area (Å²) in [5.74, 6) is -1.18. The van der Waals surface area contributed by atoms with Crippen LogP contribution in [0.3, 0.4) is 0 Å². The molecule has 1 amide bonds. The maximum absolute atomic E-state index is 12.4. The number of nitrogens with one attached hydrogen (secondary N) is 1. The van der Waals surface area contributed by atoms with Crippen molar-refractivity contribution >= 4 is 17.7 Å². The number of hydrogen-bond donors (Lipinski definition) is 1. The molecule has 1 heterocycles. The fourth-order valence-corrected chi connectivity index (χ4v) is 2.50. The van der Waals surface area contributed by atoms with Gasteiger partial charge in [0.15, 0.2) is 6.61 Å². The molecule has 1 aromatic heterocycles. The van der Waals surface area contributed by atoms with Gasteiger partial charge >= 0.3 is 5.97 Å². The van der Waals surface area contributed by atoms with Crippen LogP contribution < -0.4 is 5.43 Å². The van der Waals surface area contributed by atoms with Gasteiger partial charge in [0, 0.05) is 22.5 Å². The zero-order valence-electron chi connectivity index (χ0n) is 15.5. The molecular formula is C20H24N2O4. The van der Waals surface area contributed by atoms with Gasteiger partial charge in [-0.3, -0.25) is 24.5 Å². The average Bonchev–Trinajstić information content (AvgIpc) is 2.94. The van der Waals surface area contributed by atoms with Crippen molar-refractivity contribution in [3.63, 3.8) is 0 Å². The van der Waals surface area contributed by atoms with Crippen LogP contribution in [0.4, 0.5) is 0 Å². The SMILES string of the molecule is CCC(C)C(=O)OCC(=O)c1cc(C)n(NC(=O)c2ccccc2)c1C. The minimum atomic E-state index is -0.382. The van der Waals surface area contributed by atoms with Crippen LogP contribution in [0.25, 0.3) is 0 Å². The molecule has 1 atom stereocenters. The average molecular weight is 356 g/mol. The Labute approximate surface area is 153 Å². The molecule has 0 fully saturated rings. The fraction of sp³-hybridized carbons (Fsp3) is 0.350. The van der Waals surface area contributed by atoms with E-state index in [1.165, 1.54) is 0 Å². The number of ketones is 1. The third-order valence-electron chi connectivity index (χ3n) is 4.34. The largest absolute Gasteiger partial charge is 0.457 e. The Morgan fingerprint density at radius 1 is 1.15 bits per heavy atom. The van der Waals surface area contributed by atoms with E-state index in [-0.39, 0.29) is 30.2 Å². The topological polar surface area (TPSA) is 77.4 Å². The van der Waals surface area contributed by atoms with Crippen molar-refractivity contribution in [2.24, 2.45) is 5.92 Å². The molecule has 0 aliphatic carbocycles. The summed E-state index contributed by atoms with van der Waals surface area (Å²) in [6, 6.07) is 10.5. The summed E-state index contributed by atoms with van der Waals surface area (Å²) in [7, 11) is 0. The Kier molecular flexibility index (Phi) is 6.33. The van der Waals surface area contributed by atoms with Gasteiger partial charge in [0.1, 0.15) is 0 Å². The second-order valence-corrected chi connectivity index (χ2v) is 6.27. The summed E-state index contributed by atoms with van der Waals surface area (Å²) in [6.45, 7) is 6.87. The molecule has 0 aliphatic heterocycles. The van der Waals surface area contributed by atoms with Gasteiger partial charge in [-0.2, -0.15) is 0 Å². The molecule has 0 radical (unpaired) electrons. The molecule has 138 valence electrons. The number of rotatable bonds is 7. The Morgan fingerprint density at radius 3 is 2.42 bits per heavy atom. The van der Waals surface area contributed by atoms with Crippen molar-refractivity contribution in [3.05, 3.63) is 58.9 Å². The van der Waals surface area contributed by atoms with Crippen LogP contribution in [0, 0.1) is 19.8 Å². The van der Waals surface area contributed by atoms with Crippen LogP contribution >= 0.6 is 0 Å².